The van der Waals surface area contributed by atoms with Gasteiger partial charge in [0.05, 0.1) is 18.8 Å². The Bertz CT molecular complexity index is 1100. The van der Waals surface area contributed by atoms with Crippen LogP contribution in [0.4, 0.5) is 0 Å². The molecule has 3 aromatic rings. The standard InChI is InChI=1S/C18H18BrN5O4/c1-10-7-23(18(27)20-17(10)26)16-6-14(15(9-25)28-16)24-8-13(21-22-24)11-2-4-12(19)5-3-11/h2-5,7-8,14-16,25H,6,9H2,1H3,(H,20,26,27)/t14-,15+,16+/m0/s1. The van der Waals surface area contributed by atoms with E-state index in [0.717, 1.165) is 10.0 Å². The van der Waals surface area contributed by atoms with Crippen molar-refractivity contribution in [1.29, 1.82) is 0 Å². The number of H-pyrrole nitrogens is 1. The fourth-order valence-electron chi connectivity index (χ4n) is 3.32. The molecule has 0 unspecified atom stereocenters. The molecule has 0 amide bonds. The molecule has 1 fully saturated rings. The number of nitrogens with zero attached hydrogens (tertiary/aromatic N) is 4. The van der Waals surface area contributed by atoms with Crippen molar-refractivity contribution >= 4 is 15.9 Å². The van der Waals surface area contributed by atoms with Crippen LogP contribution in [0.2, 0.25) is 0 Å². The zero-order valence-corrected chi connectivity index (χ0v) is 16.5. The van der Waals surface area contributed by atoms with E-state index >= 15 is 0 Å². The highest BCUT2D eigenvalue weighted by atomic mass is 79.9. The third kappa shape index (κ3) is 3.46. The molecule has 10 heteroatoms. The number of aliphatic hydroxyl groups is 1. The maximum atomic E-state index is 12.2. The average Bonchev–Trinajstić information content (AvgIpc) is 3.32. The van der Waals surface area contributed by atoms with Gasteiger partial charge in [-0.1, -0.05) is 33.3 Å². The molecule has 1 aliphatic heterocycles. The van der Waals surface area contributed by atoms with Gasteiger partial charge in [0, 0.05) is 28.2 Å². The van der Waals surface area contributed by atoms with Crippen molar-refractivity contribution in [2.24, 2.45) is 0 Å². The van der Waals surface area contributed by atoms with Crippen LogP contribution in [0.3, 0.4) is 0 Å². The third-order valence-electron chi connectivity index (χ3n) is 4.83. The van der Waals surface area contributed by atoms with E-state index in [0.29, 0.717) is 17.7 Å². The number of rotatable bonds is 4. The highest BCUT2D eigenvalue weighted by Gasteiger charge is 2.38. The molecule has 146 valence electrons. The van der Waals surface area contributed by atoms with Crippen LogP contribution >= 0.6 is 15.9 Å². The number of aryl methyl sites for hydroxylation is 1. The van der Waals surface area contributed by atoms with E-state index in [1.165, 1.54) is 10.8 Å². The summed E-state index contributed by atoms with van der Waals surface area (Å²) in [4.78, 5) is 26.0. The van der Waals surface area contributed by atoms with E-state index in [9.17, 15) is 14.7 Å². The highest BCUT2D eigenvalue weighted by Crippen LogP contribution is 2.36. The first-order valence-electron chi connectivity index (χ1n) is 8.72. The second-order valence-electron chi connectivity index (χ2n) is 6.68. The van der Waals surface area contributed by atoms with E-state index in [1.807, 2.05) is 24.3 Å². The number of hydrogen-bond acceptors (Lipinski definition) is 6. The molecule has 3 atom stereocenters. The lowest BCUT2D eigenvalue weighted by molar-refractivity contribution is -0.0323. The van der Waals surface area contributed by atoms with Crippen molar-refractivity contribution in [1.82, 2.24) is 24.5 Å². The number of halogens is 1. The summed E-state index contributed by atoms with van der Waals surface area (Å²) in [5, 5.41) is 18.2. The fourth-order valence-corrected chi connectivity index (χ4v) is 3.58. The van der Waals surface area contributed by atoms with Crippen molar-refractivity contribution in [3.63, 3.8) is 0 Å². The second-order valence-corrected chi connectivity index (χ2v) is 7.60. The largest absolute Gasteiger partial charge is 0.394 e. The Morgan fingerprint density at radius 2 is 2.04 bits per heavy atom. The van der Waals surface area contributed by atoms with Crippen LogP contribution in [-0.4, -0.2) is 42.4 Å². The van der Waals surface area contributed by atoms with Gasteiger partial charge in [0.25, 0.3) is 5.56 Å². The third-order valence-corrected chi connectivity index (χ3v) is 5.36. The topological polar surface area (TPSA) is 115 Å². The molecule has 0 spiro atoms. The van der Waals surface area contributed by atoms with Crippen LogP contribution in [0.1, 0.15) is 24.3 Å². The zero-order valence-electron chi connectivity index (χ0n) is 14.9. The maximum absolute atomic E-state index is 12.2. The summed E-state index contributed by atoms with van der Waals surface area (Å²) in [6, 6.07) is 7.40. The summed E-state index contributed by atoms with van der Waals surface area (Å²) in [5.41, 5.74) is 1.05. The van der Waals surface area contributed by atoms with Gasteiger partial charge in [-0.15, -0.1) is 5.10 Å². The minimum atomic E-state index is -0.620. The van der Waals surface area contributed by atoms with Gasteiger partial charge >= 0.3 is 5.69 Å². The smallest absolute Gasteiger partial charge is 0.330 e. The van der Waals surface area contributed by atoms with Gasteiger partial charge in [-0.2, -0.15) is 0 Å². The van der Waals surface area contributed by atoms with Crippen molar-refractivity contribution in [3.05, 3.63) is 67.5 Å². The Morgan fingerprint density at radius 3 is 2.75 bits per heavy atom. The van der Waals surface area contributed by atoms with Gasteiger partial charge < -0.3 is 9.84 Å². The molecule has 1 aromatic carbocycles. The van der Waals surface area contributed by atoms with E-state index in [-0.39, 0.29) is 12.6 Å². The first-order chi connectivity index (χ1) is 13.5. The molecule has 4 rings (SSSR count). The summed E-state index contributed by atoms with van der Waals surface area (Å²) < 4.78 is 9.83. The van der Waals surface area contributed by atoms with E-state index in [1.54, 1.807) is 17.8 Å². The average molecular weight is 448 g/mol. The Labute approximate surface area is 167 Å². The molecular formula is C18H18BrN5O4. The van der Waals surface area contributed by atoms with Crippen molar-refractivity contribution in [2.45, 2.75) is 31.7 Å². The maximum Gasteiger partial charge on any atom is 0.330 e. The molecule has 1 saturated heterocycles. The van der Waals surface area contributed by atoms with Gasteiger partial charge in [-0.3, -0.25) is 14.3 Å². The van der Waals surface area contributed by atoms with Crippen molar-refractivity contribution in [3.8, 4) is 11.3 Å². The SMILES string of the molecule is Cc1cn([C@H]2C[C@H](n3cc(-c4ccc(Br)cc4)nn3)[C@@H](CO)O2)c(=O)[nH]c1=O. The van der Waals surface area contributed by atoms with Crippen LogP contribution < -0.4 is 11.2 Å². The highest BCUT2D eigenvalue weighted by molar-refractivity contribution is 9.10. The van der Waals surface area contributed by atoms with Gasteiger partial charge in [-0.05, 0) is 19.1 Å². The number of benzene rings is 1. The molecule has 28 heavy (non-hydrogen) atoms. The quantitative estimate of drug-likeness (QED) is 0.624. The number of ether oxygens (including phenoxy) is 1. The lowest BCUT2D eigenvalue weighted by atomic mass is 10.1. The summed E-state index contributed by atoms with van der Waals surface area (Å²) in [5.74, 6) is 0. The molecule has 1 aliphatic rings. The molecule has 0 aliphatic carbocycles. The minimum absolute atomic E-state index is 0.230. The monoisotopic (exact) mass is 447 g/mol. The van der Waals surface area contributed by atoms with E-state index in [2.05, 4.69) is 31.2 Å². The molecule has 0 bridgehead atoms. The Balaban J connectivity index is 1.62. The molecule has 2 aromatic heterocycles. The molecular weight excluding hydrogens is 430 g/mol. The van der Waals surface area contributed by atoms with Gasteiger partial charge in [0.1, 0.15) is 18.0 Å². The van der Waals surface area contributed by atoms with Crippen LogP contribution in [0.25, 0.3) is 11.3 Å². The first kappa shape index (κ1) is 18.8. The fraction of sp³-hybridized carbons (Fsp3) is 0.333. The summed E-state index contributed by atoms with van der Waals surface area (Å²) in [7, 11) is 0. The van der Waals surface area contributed by atoms with Gasteiger partial charge in [0.2, 0.25) is 0 Å². The number of nitrogens with one attached hydrogen (secondary N) is 1. The molecule has 2 N–H and O–H groups in total. The predicted octanol–water partition coefficient (Wildman–Crippen LogP) is 1.39. The Morgan fingerprint density at radius 1 is 1.29 bits per heavy atom. The minimum Gasteiger partial charge on any atom is -0.394 e. The van der Waals surface area contributed by atoms with Gasteiger partial charge in [0.15, 0.2) is 0 Å². The van der Waals surface area contributed by atoms with Crippen molar-refractivity contribution in [2.75, 3.05) is 6.61 Å². The van der Waals surface area contributed by atoms with Gasteiger partial charge in [-0.25, -0.2) is 9.48 Å². The Kier molecular flexibility index (Phi) is 5.00. The zero-order chi connectivity index (χ0) is 19.8. The normalized spacial score (nSPS) is 21.9. The number of aliphatic hydroxyl groups excluding tert-OH is 1. The molecule has 0 radical (unpaired) electrons. The predicted molar refractivity (Wildman–Crippen MR) is 104 cm³/mol. The van der Waals surface area contributed by atoms with Crippen molar-refractivity contribution < 1.29 is 9.84 Å². The summed E-state index contributed by atoms with van der Waals surface area (Å²) in [6.07, 6.45) is 2.49. The molecule has 0 saturated carbocycles. The number of aromatic amines is 1. The molecule has 9 nitrogen and oxygen atoms in total. The van der Waals surface area contributed by atoms with Crippen LogP contribution in [0.15, 0.2) is 50.7 Å². The van der Waals surface area contributed by atoms with E-state index < -0.39 is 23.6 Å². The number of aromatic nitrogens is 5. The summed E-state index contributed by atoms with van der Waals surface area (Å²) in [6.45, 7) is 1.39. The van der Waals surface area contributed by atoms with Crippen LogP contribution in [0.5, 0.6) is 0 Å². The lowest BCUT2D eigenvalue weighted by Gasteiger charge is -2.15. The summed E-state index contributed by atoms with van der Waals surface area (Å²) >= 11 is 3.40. The van der Waals surface area contributed by atoms with E-state index in [4.69, 9.17) is 4.74 Å². The second kappa shape index (κ2) is 7.46. The Hall–Kier alpha value is -2.56. The number of hydrogen-bond donors (Lipinski definition) is 2. The lowest BCUT2D eigenvalue weighted by Crippen LogP contribution is -2.33. The first-order valence-corrected chi connectivity index (χ1v) is 9.51. The van der Waals surface area contributed by atoms with Crippen LogP contribution in [0, 0.1) is 6.92 Å². The molecule has 3 heterocycles. The van der Waals surface area contributed by atoms with Crippen LogP contribution in [-0.2, 0) is 4.74 Å².